The Balaban J connectivity index is 1.64. The lowest BCUT2D eigenvalue weighted by molar-refractivity contribution is 0.538. The van der Waals surface area contributed by atoms with Gasteiger partial charge in [0.05, 0.1) is 6.54 Å². The number of nitrogen functional groups attached to an aromatic ring is 1. The van der Waals surface area contributed by atoms with Gasteiger partial charge in [0.1, 0.15) is 11.5 Å². The third-order valence-electron chi connectivity index (χ3n) is 4.64. The first-order valence-corrected chi connectivity index (χ1v) is 8.36. The van der Waals surface area contributed by atoms with Gasteiger partial charge >= 0.3 is 0 Å². The van der Waals surface area contributed by atoms with Gasteiger partial charge in [-0.15, -0.1) is 0 Å². The van der Waals surface area contributed by atoms with E-state index in [2.05, 4.69) is 11.0 Å². The topological polar surface area (TPSA) is 55.3 Å². The molecule has 0 fully saturated rings. The molecule has 0 atom stereocenters. The number of rotatable bonds is 3. The van der Waals surface area contributed by atoms with E-state index in [0.717, 1.165) is 48.6 Å². The van der Waals surface area contributed by atoms with Gasteiger partial charge in [0.25, 0.3) is 0 Å². The SMILES string of the molecule is Cc1oc(-c2ccccc2)nc1CN1CCCc2c(N)cccc21. The Morgan fingerprint density at radius 3 is 2.79 bits per heavy atom. The van der Waals surface area contributed by atoms with Crippen molar-refractivity contribution in [3.8, 4) is 11.5 Å². The van der Waals surface area contributed by atoms with Crippen molar-refractivity contribution in [3.05, 3.63) is 65.5 Å². The average molecular weight is 319 g/mol. The summed E-state index contributed by atoms with van der Waals surface area (Å²) in [7, 11) is 0. The van der Waals surface area contributed by atoms with Crippen LogP contribution < -0.4 is 10.6 Å². The van der Waals surface area contributed by atoms with E-state index in [4.69, 9.17) is 15.1 Å². The number of aromatic nitrogens is 1. The molecule has 2 aromatic carbocycles. The van der Waals surface area contributed by atoms with Gasteiger partial charge in [0.2, 0.25) is 5.89 Å². The number of anilines is 2. The smallest absolute Gasteiger partial charge is 0.226 e. The minimum atomic E-state index is 0.688. The summed E-state index contributed by atoms with van der Waals surface area (Å²) in [5, 5.41) is 0. The van der Waals surface area contributed by atoms with Crippen LogP contribution in [-0.2, 0) is 13.0 Å². The molecular formula is C20H21N3O. The van der Waals surface area contributed by atoms with Gasteiger partial charge in [-0.1, -0.05) is 24.3 Å². The number of hydrogen-bond acceptors (Lipinski definition) is 4. The largest absolute Gasteiger partial charge is 0.441 e. The second-order valence-corrected chi connectivity index (χ2v) is 6.26. The lowest BCUT2D eigenvalue weighted by Crippen LogP contribution is -2.29. The van der Waals surface area contributed by atoms with E-state index < -0.39 is 0 Å². The summed E-state index contributed by atoms with van der Waals surface area (Å²) < 4.78 is 5.89. The average Bonchev–Trinajstić information content (AvgIpc) is 2.97. The molecule has 0 spiro atoms. The van der Waals surface area contributed by atoms with E-state index in [1.165, 1.54) is 11.3 Å². The molecule has 4 nitrogen and oxygen atoms in total. The van der Waals surface area contributed by atoms with Crippen LogP contribution in [0.2, 0.25) is 0 Å². The Kier molecular flexibility index (Phi) is 3.73. The van der Waals surface area contributed by atoms with E-state index in [1.807, 2.05) is 49.4 Å². The standard InChI is InChI=1S/C20H21N3O/c1-14-18(22-20(24-14)15-7-3-2-4-8-15)13-23-12-6-9-16-17(21)10-5-11-19(16)23/h2-5,7-8,10-11H,6,9,12-13,21H2,1H3. The minimum Gasteiger partial charge on any atom is -0.441 e. The molecule has 0 aliphatic carbocycles. The van der Waals surface area contributed by atoms with Crippen LogP contribution in [0.15, 0.2) is 52.9 Å². The molecule has 1 aromatic heterocycles. The Labute approximate surface area is 141 Å². The highest BCUT2D eigenvalue weighted by atomic mass is 16.4. The monoisotopic (exact) mass is 319 g/mol. The van der Waals surface area contributed by atoms with Crippen LogP contribution in [0.25, 0.3) is 11.5 Å². The molecule has 0 amide bonds. The Morgan fingerprint density at radius 1 is 1.12 bits per heavy atom. The fourth-order valence-electron chi connectivity index (χ4n) is 3.35. The summed E-state index contributed by atoms with van der Waals surface area (Å²) in [6.07, 6.45) is 2.16. The summed E-state index contributed by atoms with van der Waals surface area (Å²) in [4.78, 5) is 7.09. The third kappa shape index (κ3) is 2.64. The summed E-state index contributed by atoms with van der Waals surface area (Å²) in [5.74, 6) is 1.57. The molecule has 1 aliphatic heterocycles. The van der Waals surface area contributed by atoms with Gasteiger partial charge in [-0.2, -0.15) is 0 Å². The van der Waals surface area contributed by atoms with Crippen LogP contribution in [0.3, 0.4) is 0 Å². The first-order chi connectivity index (χ1) is 11.7. The van der Waals surface area contributed by atoms with Crippen LogP contribution >= 0.6 is 0 Å². The number of benzene rings is 2. The number of fused-ring (bicyclic) bond motifs is 1. The van der Waals surface area contributed by atoms with Gasteiger partial charge in [-0.05, 0) is 49.6 Å². The van der Waals surface area contributed by atoms with Crippen LogP contribution in [0.1, 0.15) is 23.4 Å². The first-order valence-electron chi connectivity index (χ1n) is 8.36. The fourth-order valence-corrected chi connectivity index (χ4v) is 3.35. The van der Waals surface area contributed by atoms with Crippen molar-refractivity contribution in [1.82, 2.24) is 4.98 Å². The second kappa shape index (κ2) is 6.04. The highest BCUT2D eigenvalue weighted by Gasteiger charge is 2.21. The molecule has 0 saturated carbocycles. The lowest BCUT2D eigenvalue weighted by Gasteiger charge is -2.31. The maximum absolute atomic E-state index is 6.15. The highest BCUT2D eigenvalue weighted by Crippen LogP contribution is 2.33. The van der Waals surface area contributed by atoms with Gasteiger partial charge < -0.3 is 15.1 Å². The fraction of sp³-hybridized carbons (Fsp3) is 0.250. The predicted molar refractivity (Wildman–Crippen MR) is 96.9 cm³/mol. The Bertz CT molecular complexity index is 855. The number of oxazole rings is 1. The van der Waals surface area contributed by atoms with E-state index in [1.54, 1.807) is 0 Å². The van der Waals surface area contributed by atoms with Crippen LogP contribution in [0.4, 0.5) is 11.4 Å². The molecule has 24 heavy (non-hydrogen) atoms. The zero-order valence-electron chi connectivity index (χ0n) is 13.8. The summed E-state index contributed by atoms with van der Waals surface area (Å²) in [6, 6.07) is 16.2. The van der Waals surface area contributed by atoms with Crippen LogP contribution in [0, 0.1) is 6.92 Å². The molecule has 0 bridgehead atoms. The van der Waals surface area contributed by atoms with Crippen molar-refractivity contribution in [2.45, 2.75) is 26.3 Å². The molecule has 4 heteroatoms. The van der Waals surface area contributed by atoms with Gasteiger partial charge in [0, 0.05) is 23.5 Å². The maximum Gasteiger partial charge on any atom is 0.226 e. The van der Waals surface area contributed by atoms with Gasteiger partial charge in [-0.3, -0.25) is 0 Å². The maximum atomic E-state index is 6.15. The molecule has 2 N–H and O–H groups in total. The van der Waals surface area contributed by atoms with Gasteiger partial charge in [-0.25, -0.2) is 4.98 Å². The number of aryl methyl sites for hydroxylation is 1. The summed E-state index contributed by atoms with van der Waals surface area (Å²) >= 11 is 0. The number of nitrogens with zero attached hydrogens (tertiary/aromatic N) is 2. The predicted octanol–water partition coefficient (Wildman–Crippen LogP) is 4.19. The molecule has 1 aliphatic rings. The summed E-state index contributed by atoms with van der Waals surface area (Å²) in [5.41, 5.74) is 11.5. The molecule has 3 aromatic rings. The molecule has 0 saturated heterocycles. The Hall–Kier alpha value is -2.75. The molecule has 2 heterocycles. The number of hydrogen-bond donors (Lipinski definition) is 1. The van der Waals surface area contributed by atoms with Crippen molar-refractivity contribution in [1.29, 1.82) is 0 Å². The van der Waals surface area contributed by atoms with E-state index in [-0.39, 0.29) is 0 Å². The normalized spacial score (nSPS) is 13.8. The number of nitrogens with two attached hydrogens (primary N) is 1. The first kappa shape index (κ1) is 14.8. The zero-order valence-corrected chi connectivity index (χ0v) is 13.8. The van der Waals surface area contributed by atoms with Crippen molar-refractivity contribution in [3.63, 3.8) is 0 Å². The highest BCUT2D eigenvalue weighted by molar-refractivity contribution is 5.66. The van der Waals surface area contributed by atoms with E-state index in [9.17, 15) is 0 Å². The molecule has 122 valence electrons. The molecule has 0 unspecified atom stereocenters. The molecule has 4 rings (SSSR count). The quantitative estimate of drug-likeness (QED) is 0.736. The van der Waals surface area contributed by atoms with Crippen molar-refractivity contribution < 1.29 is 4.42 Å². The van der Waals surface area contributed by atoms with Crippen LogP contribution in [0.5, 0.6) is 0 Å². The van der Waals surface area contributed by atoms with Crippen molar-refractivity contribution >= 4 is 11.4 Å². The molecular weight excluding hydrogens is 298 g/mol. The zero-order chi connectivity index (χ0) is 16.5. The van der Waals surface area contributed by atoms with Crippen molar-refractivity contribution in [2.24, 2.45) is 0 Å². The van der Waals surface area contributed by atoms with E-state index >= 15 is 0 Å². The Morgan fingerprint density at radius 2 is 1.96 bits per heavy atom. The van der Waals surface area contributed by atoms with E-state index in [0.29, 0.717) is 5.89 Å². The minimum absolute atomic E-state index is 0.688. The third-order valence-corrected chi connectivity index (χ3v) is 4.64. The second-order valence-electron chi connectivity index (χ2n) is 6.26. The van der Waals surface area contributed by atoms with Gasteiger partial charge in [0.15, 0.2) is 0 Å². The van der Waals surface area contributed by atoms with Crippen LogP contribution in [-0.4, -0.2) is 11.5 Å². The lowest BCUT2D eigenvalue weighted by atomic mass is 9.99. The summed E-state index contributed by atoms with van der Waals surface area (Å²) in [6.45, 7) is 3.75. The van der Waals surface area contributed by atoms with Crippen molar-refractivity contribution in [2.75, 3.05) is 17.2 Å². The molecule has 0 radical (unpaired) electrons.